The number of carbonyl (C=O) groups excluding carboxylic acids is 1. The minimum absolute atomic E-state index is 0.111. The van der Waals surface area contributed by atoms with Gasteiger partial charge in [0.2, 0.25) is 0 Å². The number of carbonyl (C=O) groups is 1. The van der Waals surface area contributed by atoms with Crippen molar-refractivity contribution < 1.29 is 13.9 Å². The summed E-state index contributed by atoms with van der Waals surface area (Å²) in [6, 6.07) is 6.32. The number of ether oxygens (including phenoxy) is 1. The van der Waals surface area contributed by atoms with Crippen LogP contribution in [0.4, 0.5) is 4.39 Å². The molecule has 1 amide bonds. The molecule has 1 N–H and O–H groups in total. The van der Waals surface area contributed by atoms with Crippen molar-refractivity contribution in [2.45, 2.75) is 12.5 Å². The van der Waals surface area contributed by atoms with E-state index in [0.717, 1.165) is 0 Å². The Labute approximate surface area is 122 Å². The molecule has 2 aromatic rings. The largest absolute Gasteiger partial charge is 0.372 e. The maximum absolute atomic E-state index is 13.9. The molecule has 6 heteroatoms. The number of hydrogen-bond acceptors (Lipinski definition) is 4. The number of amides is 1. The van der Waals surface area contributed by atoms with E-state index in [4.69, 9.17) is 4.74 Å². The topological polar surface area (TPSA) is 64.1 Å². The highest BCUT2D eigenvalue weighted by Gasteiger charge is 2.30. The van der Waals surface area contributed by atoms with Gasteiger partial charge in [-0.25, -0.2) is 9.37 Å². The number of nitrogens with one attached hydrogen (secondary N) is 1. The van der Waals surface area contributed by atoms with Gasteiger partial charge in [0.1, 0.15) is 17.1 Å². The molecule has 0 aliphatic heterocycles. The summed E-state index contributed by atoms with van der Waals surface area (Å²) in [5.74, 6) is -0.765. The average molecular weight is 289 g/mol. The Morgan fingerprint density at radius 3 is 2.76 bits per heavy atom. The lowest BCUT2D eigenvalue weighted by Crippen LogP contribution is -2.40. The highest BCUT2D eigenvalue weighted by atomic mass is 19.1. The van der Waals surface area contributed by atoms with Gasteiger partial charge in [-0.2, -0.15) is 0 Å². The Kier molecular flexibility index (Phi) is 4.59. The molecule has 110 valence electrons. The van der Waals surface area contributed by atoms with E-state index < -0.39 is 5.60 Å². The molecule has 1 aromatic heterocycles. The molecule has 1 heterocycles. The van der Waals surface area contributed by atoms with Crippen LogP contribution in [0.2, 0.25) is 0 Å². The first-order chi connectivity index (χ1) is 10.1. The Hall–Kier alpha value is -2.34. The first kappa shape index (κ1) is 15.1. The third-order valence-corrected chi connectivity index (χ3v) is 3.28. The smallest absolute Gasteiger partial charge is 0.271 e. The Bertz CT molecular complexity index is 621. The van der Waals surface area contributed by atoms with Crippen molar-refractivity contribution in [3.63, 3.8) is 0 Å². The van der Waals surface area contributed by atoms with Crippen LogP contribution >= 0.6 is 0 Å². The van der Waals surface area contributed by atoms with Gasteiger partial charge in [-0.15, -0.1) is 0 Å². The molecule has 21 heavy (non-hydrogen) atoms. The highest BCUT2D eigenvalue weighted by molar-refractivity contribution is 5.91. The van der Waals surface area contributed by atoms with E-state index >= 15 is 0 Å². The zero-order valence-corrected chi connectivity index (χ0v) is 11.8. The number of halogens is 1. The first-order valence-electron chi connectivity index (χ1n) is 6.41. The maximum Gasteiger partial charge on any atom is 0.271 e. The minimum atomic E-state index is -0.969. The maximum atomic E-state index is 13.9. The van der Waals surface area contributed by atoms with Gasteiger partial charge in [0.15, 0.2) is 0 Å². The first-order valence-corrected chi connectivity index (χ1v) is 6.41. The minimum Gasteiger partial charge on any atom is -0.372 e. The summed E-state index contributed by atoms with van der Waals surface area (Å²) in [7, 11) is 1.47. The van der Waals surface area contributed by atoms with E-state index in [0.29, 0.717) is 5.56 Å². The third kappa shape index (κ3) is 3.41. The van der Waals surface area contributed by atoms with E-state index in [1.165, 1.54) is 31.8 Å². The van der Waals surface area contributed by atoms with Gasteiger partial charge in [-0.05, 0) is 13.0 Å². The fraction of sp³-hybridized carbons (Fsp3) is 0.267. The van der Waals surface area contributed by atoms with Crippen molar-refractivity contribution in [2.75, 3.05) is 13.7 Å². The molecule has 5 nitrogen and oxygen atoms in total. The number of methoxy groups -OCH3 is 1. The molecule has 1 atom stereocenters. The van der Waals surface area contributed by atoms with Crippen LogP contribution in [0.3, 0.4) is 0 Å². The molecule has 0 saturated carbocycles. The molecule has 1 unspecified atom stereocenters. The summed E-state index contributed by atoms with van der Waals surface area (Å²) in [5, 5.41) is 2.68. The van der Waals surface area contributed by atoms with Crippen LogP contribution in [0, 0.1) is 5.82 Å². The Morgan fingerprint density at radius 2 is 2.14 bits per heavy atom. The van der Waals surface area contributed by atoms with Crippen LogP contribution in [0.5, 0.6) is 0 Å². The predicted octanol–water partition coefficient (Wildman–Crippen LogP) is 1.91. The summed E-state index contributed by atoms with van der Waals surface area (Å²) >= 11 is 0. The van der Waals surface area contributed by atoms with E-state index in [1.54, 1.807) is 25.1 Å². The lowest BCUT2D eigenvalue weighted by atomic mass is 9.95. The molecule has 0 bridgehead atoms. The molecule has 0 aliphatic rings. The molecule has 0 radical (unpaired) electrons. The molecule has 1 aromatic carbocycles. The average Bonchev–Trinajstić information content (AvgIpc) is 2.53. The van der Waals surface area contributed by atoms with Gasteiger partial charge in [0.25, 0.3) is 5.91 Å². The Balaban J connectivity index is 2.13. The number of rotatable bonds is 5. The summed E-state index contributed by atoms with van der Waals surface area (Å²) < 4.78 is 19.3. The van der Waals surface area contributed by atoms with Crippen LogP contribution in [0.25, 0.3) is 0 Å². The fourth-order valence-corrected chi connectivity index (χ4v) is 1.92. The van der Waals surface area contributed by atoms with Crippen molar-refractivity contribution in [3.05, 3.63) is 59.9 Å². The lowest BCUT2D eigenvalue weighted by molar-refractivity contribution is 0.000345. The number of hydrogen-bond donors (Lipinski definition) is 1. The normalized spacial score (nSPS) is 13.5. The molecule has 2 rings (SSSR count). The van der Waals surface area contributed by atoms with Crippen molar-refractivity contribution in [1.29, 1.82) is 0 Å². The van der Waals surface area contributed by atoms with Crippen LogP contribution in [0.1, 0.15) is 23.0 Å². The number of nitrogens with zero attached hydrogens (tertiary/aromatic N) is 2. The summed E-state index contributed by atoms with van der Waals surface area (Å²) in [4.78, 5) is 19.7. The van der Waals surface area contributed by atoms with Gasteiger partial charge in [0.05, 0.1) is 12.7 Å². The zero-order valence-electron chi connectivity index (χ0n) is 11.8. The second kappa shape index (κ2) is 6.41. The van der Waals surface area contributed by atoms with E-state index in [2.05, 4.69) is 15.3 Å². The summed E-state index contributed by atoms with van der Waals surface area (Å²) in [6.07, 6.45) is 4.28. The van der Waals surface area contributed by atoms with E-state index in [1.807, 2.05) is 0 Å². The van der Waals surface area contributed by atoms with Crippen molar-refractivity contribution in [2.24, 2.45) is 0 Å². The third-order valence-electron chi connectivity index (χ3n) is 3.28. The molecule has 0 fully saturated rings. The van der Waals surface area contributed by atoms with Crippen molar-refractivity contribution in [1.82, 2.24) is 15.3 Å². The van der Waals surface area contributed by atoms with Gasteiger partial charge in [0, 0.05) is 25.1 Å². The fourth-order valence-electron chi connectivity index (χ4n) is 1.92. The standard InChI is InChI=1S/C15H16FN3O2/c1-15(21-2,11-5-3-4-6-12(11)16)10-19-14(20)13-9-17-7-8-18-13/h3-9H,10H2,1-2H3,(H,19,20). The summed E-state index contributed by atoms with van der Waals surface area (Å²) in [5.41, 5.74) is -0.389. The van der Waals surface area contributed by atoms with E-state index in [9.17, 15) is 9.18 Å². The van der Waals surface area contributed by atoms with Crippen LogP contribution < -0.4 is 5.32 Å². The number of aromatic nitrogens is 2. The summed E-state index contributed by atoms with van der Waals surface area (Å²) in [6.45, 7) is 1.82. The second-order valence-corrected chi connectivity index (χ2v) is 4.69. The zero-order chi connectivity index (χ0) is 15.3. The van der Waals surface area contributed by atoms with E-state index in [-0.39, 0.29) is 24.0 Å². The monoisotopic (exact) mass is 289 g/mol. The van der Waals surface area contributed by atoms with Gasteiger partial charge >= 0.3 is 0 Å². The molecule has 0 aliphatic carbocycles. The highest BCUT2D eigenvalue weighted by Crippen LogP contribution is 2.26. The molecular weight excluding hydrogens is 273 g/mol. The Morgan fingerprint density at radius 1 is 1.38 bits per heavy atom. The second-order valence-electron chi connectivity index (χ2n) is 4.69. The molecule has 0 saturated heterocycles. The van der Waals surface area contributed by atoms with Gasteiger partial charge in [-0.1, -0.05) is 18.2 Å². The van der Waals surface area contributed by atoms with Crippen molar-refractivity contribution >= 4 is 5.91 Å². The van der Waals surface area contributed by atoms with Crippen molar-refractivity contribution in [3.8, 4) is 0 Å². The van der Waals surface area contributed by atoms with Crippen LogP contribution in [-0.2, 0) is 10.3 Å². The van der Waals surface area contributed by atoms with Gasteiger partial charge < -0.3 is 10.1 Å². The molecular formula is C15H16FN3O2. The lowest BCUT2D eigenvalue weighted by Gasteiger charge is -2.29. The quantitative estimate of drug-likeness (QED) is 0.913. The van der Waals surface area contributed by atoms with Crippen LogP contribution in [0.15, 0.2) is 42.9 Å². The SMILES string of the molecule is COC(C)(CNC(=O)c1cnccn1)c1ccccc1F. The molecule has 0 spiro atoms. The number of benzene rings is 1. The predicted molar refractivity (Wildman–Crippen MR) is 75.1 cm³/mol. The van der Waals surface area contributed by atoms with Crippen LogP contribution in [-0.4, -0.2) is 29.5 Å². The van der Waals surface area contributed by atoms with Gasteiger partial charge in [-0.3, -0.25) is 9.78 Å².